The molecule has 1 aliphatic heterocycles. The van der Waals surface area contributed by atoms with Gasteiger partial charge >= 0.3 is 0 Å². The lowest BCUT2D eigenvalue weighted by atomic mass is 10.1. The van der Waals surface area contributed by atoms with Crippen LogP contribution in [0.4, 0.5) is 0 Å². The van der Waals surface area contributed by atoms with Crippen molar-refractivity contribution in [3.63, 3.8) is 0 Å². The molecule has 1 saturated heterocycles. The van der Waals surface area contributed by atoms with Crippen molar-refractivity contribution in [3.05, 3.63) is 64.1 Å². The van der Waals surface area contributed by atoms with Crippen LogP contribution in [0.3, 0.4) is 0 Å². The molecular formula is C19H15NO4S2. The Hall–Kier alpha value is -2.64. The van der Waals surface area contributed by atoms with E-state index in [1.807, 2.05) is 12.1 Å². The van der Waals surface area contributed by atoms with Gasteiger partial charge in [0, 0.05) is 0 Å². The molecule has 0 radical (unpaired) electrons. The number of thioether (sulfide) groups is 1. The maximum atomic E-state index is 11.7. The molecule has 7 heteroatoms. The second kappa shape index (κ2) is 7.72. The summed E-state index contributed by atoms with van der Waals surface area (Å²) in [5.41, 5.74) is 1.91. The monoisotopic (exact) mass is 385 g/mol. The summed E-state index contributed by atoms with van der Waals surface area (Å²) in [6.07, 6.45) is 1.77. The van der Waals surface area contributed by atoms with Gasteiger partial charge in [-0.15, -0.1) is 0 Å². The zero-order chi connectivity index (χ0) is 18.7. The number of carbonyl (C=O) groups excluding carboxylic acids is 2. The van der Waals surface area contributed by atoms with Crippen LogP contribution in [0.2, 0.25) is 0 Å². The summed E-state index contributed by atoms with van der Waals surface area (Å²) in [6.45, 7) is 1.67. The Morgan fingerprint density at radius 2 is 2.00 bits per heavy atom. The summed E-state index contributed by atoms with van der Waals surface area (Å²) < 4.78 is 6.15. The number of hydrogen-bond acceptors (Lipinski definition) is 6. The molecule has 2 aromatic rings. The Labute approximate surface area is 160 Å². The van der Waals surface area contributed by atoms with Crippen molar-refractivity contribution < 1.29 is 19.4 Å². The number of ketones is 1. The zero-order valence-corrected chi connectivity index (χ0v) is 15.4. The Morgan fingerprint density at radius 1 is 1.27 bits per heavy atom. The molecule has 0 spiro atoms. The molecule has 0 atom stereocenters. The van der Waals surface area contributed by atoms with Gasteiger partial charge < -0.3 is 15.2 Å². The highest BCUT2D eigenvalue weighted by Crippen LogP contribution is 2.26. The van der Waals surface area contributed by atoms with Crippen molar-refractivity contribution in [2.24, 2.45) is 0 Å². The van der Waals surface area contributed by atoms with Crippen molar-refractivity contribution >= 4 is 46.1 Å². The van der Waals surface area contributed by atoms with Gasteiger partial charge in [0.2, 0.25) is 0 Å². The molecule has 132 valence electrons. The number of hydrogen-bond donors (Lipinski definition) is 2. The molecule has 5 nitrogen and oxygen atoms in total. The van der Waals surface area contributed by atoms with Gasteiger partial charge in [0.1, 0.15) is 22.4 Å². The Kier molecular flexibility index (Phi) is 5.39. The van der Waals surface area contributed by atoms with Gasteiger partial charge in [-0.05, 0) is 48.4 Å². The van der Waals surface area contributed by atoms with Crippen molar-refractivity contribution in [1.29, 1.82) is 0 Å². The van der Waals surface area contributed by atoms with E-state index >= 15 is 0 Å². The smallest absolute Gasteiger partial charge is 0.263 e. The van der Waals surface area contributed by atoms with Crippen LogP contribution >= 0.6 is 24.0 Å². The fourth-order valence-corrected chi connectivity index (χ4v) is 3.41. The summed E-state index contributed by atoms with van der Waals surface area (Å²) in [5, 5.41) is 12.4. The van der Waals surface area contributed by atoms with Crippen molar-refractivity contribution in [1.82, 2.24) is 5.32 Å². The SMILES string of the molecule is CC(=O)c1ccc(COc2ccc(/C=C3/SC(=S)NC3=O)cc2)cc1O. The van der Waals surface area contributed by atoms with E-state index in [2.05, 4.69) is 5.32 Å². The first-order chi connectivity index (χ1) is 12.4. The third kappa shape index (κ3) is 4.30. The molecule has 1 amide bonds. The lowest BCUT2D eigenvalue weighted by Gasteiger charge is -2.08. The van der Waals surface area contributed by atoms with E-state index in [1.165, 1.54) is 24.8 Å². The maximum Gasteiger partial charge on any atom is 0.263 e. The van der Waals surface area contributed by atoms with E-state index < -0.39 is 0 Å². The number of thiocarbonyl (C=S) groups is 1. The van der Waals surface area contributed by atoms with Gasteiger partial charge in [0.05, 0.1) is 10.5 Å². The van der Waals surface area contributed by atoms with Crippen LogP contribution in [0.15, 0.2) is 47.4 Å². The van der Waals surface area contributed by atoms with Crippen LogP contribution < -0.4 is 10.1 Å². The van der Waals surface area contributed by atoms with Gasteiger partial charge in [-0.25, -0.2) is 0 Å². The number of rotatable bonds is 5. The van der Waals surface area contributed by atoms with Crippen LogP contribution in [-0.2, 0) is 11.4 Å². The average molecular weight is 385 g/mol. The second-order valence-electron chi connectivity index (χ2n) is 5.62. The highest BCUT2D eigenvalue weighted by atomic mass is 32.2. The third-order valence-corrected chi connectivity index (χ3v) is 4.83. The molecule has 1 fully saturated rings. The number of nitrogens with one attached hydrogen (secondary N) is 1. The second-order valence-corrected chi connectivity index (χ2v) is 7.34. The quantitative estimate of drug-likeness (QED) is 0.465. The van der Waals surface area contributed by atoms with E-state index in [0.29, 0.717) is 20.5 Å². The topological polar surface area (TPSA) is 75.6 Å². The number of carbonyl (C=O) groups is 2. The van der Waals surface area contributed by atoms with Gasteiger partial charge in [-0.3, -0.25) is 9.59 Å². The molecule has 3 rings (SSSR count). The van der Waals surface area contributed by atoms with Crippen LogP contribution in [0.1, 0.15) is 28.4 Å². The fourth-order valence-electron chi connectivity index (χ4n) is 2.36. The van der Waals surface area contributed by atoms with E-state index in [9.17, 15) is 14.7 Å². The molecule has 1 heterocycles. The molecule has 0 unspecified atom stereocenters. The van der Waals surface area contributed by atoms with Gasteiger partial charge in [0.25, 0.3) is 5.91 Å². The van der Waals surface area contributed by atoms with Crippen molar-refractivity contribution in [2.45, 2.75) is 13.5 Å². The first-order valence-electron chi connectivity index (χ1n) is 7.73. The van der Waals surface area contributed by atoms with E-state index in [0.717, 1.165) is 11.1 Å². The number of aromatic hydroxyl groups is 1. The highest BCUT2D eigenvalue weighted by molar-refractivity contribution is 8.26. The molecule has 2 N–H and O–H groups in total. The van der Waals surface area contributed by atoms with Crippen molar-refractivity contribution in [3.8, 4) is 11.5 Å². The Bertz CT molecular complexity index is 920. The zero-order valence-electron chi connectivity index (χ0n) is 13.8. The molecule has 26 heavy (non-hydrogen) atoms. The standard InChI is InChI=1S/C19H15NO4S2/c1-11(21)15-7-4-13(8-16(15)22)10-24-14-5-2-12(3-6-14)9-17-18(23)20-19(25)26-17/h2-9,22H,10H2,1H3,(H,20,23,25)/b17-9+. The Balaban J connectivity index is 1.64. The summed E-state index contributed by atoms with van der Waals surface area (Å²) >= 11 is 6.19. The lowest BCUT2D eigenvalue weighted by molar-refractivity contribution is -0.115. The summed E-state index contributed by atoms with van der Waals surface area (Å²) in [6, 6.07) is 12.1. The van der Waals surface area contributed by atoms with Crippen LogP contribution in [0.5, 0.6) is 11.5 Å². The first kappa shape index (κ1) is 18.2. The number of amides is 1. The highest BCUT2D eigenvalue weighted by Gasteiger charge is 2.21. The summed E-state index contributed by atoms with van der Waals surface area (Å²) in [5.74, 6) is 0.232. The molecule has 0 saturated carbocycles. The number of phenols is 1. The molecule has 0 aliphatic carbocycles. The van der Waals surface area contributed by atoms with Crippen LogP contribution in [-0.4, -0.2) is 21.1 Å². The van der Waals surface area contributed by atoms with E-state index in [-0.39, 0.29) is 24.0 Å². The maximum absolute atomic E-state index is 11.7. The number of ether oxygens (including phenoxy) is 1. The van der Waals surface area contributed by atoms with Gasteiger partial charge in [0.15, 0.2) is 5.78 Å². The number of Topliss-reactive ketones (excluding diaryl/α,β-unsaturated/α-hetero) is 1. The molecular weight excluding hydrogens is 370 g/mol. The van der Waals surface area contributed by atoms with Gasteiger partial charge in [-0.1, -0.05) is 42.2 Å². The minimum absolute atomic E-state index is 0.0502. The molecule has 0 aromatic heterocycles. The first-order valence-corrected chi connectivity index (χ1v) is 8.95. The van der Waals surface area contributed by atoms with Crippen molar-refractivity contribution in [2.75, 3.05) is 0 Å². The normalized spacial score (nSPS) is 15.2. The molecule has 2 aromatic carbocycles. The third-order valence-electron chi connectivity index (χ3n) is 3.67. The number of phenolic OH excluding ortho intramolecular Hbond substituents is 1. The largest absolute Gasteiger partial charge is 0.507 e. The Morgan fingerprint density at radius 3 is 2.58 bits per heavy atom. The molecule has 1 aliphatic rings. The minimum Gasteiger partial charge on any atom is -0.507 e. The summed E-state index contributed by atoms with van der Waals surface area (Å²) in [4.78, 5) is 23.5. The van der Waals surface area contributed by atoms with E-state index in [4.69, 9.17) is 17.0 Å². The predicted octanol–water partition coefficient (Wildman–Crippen LogP) is 3.66. The van der Waals surface area contributed by atoms with Crippen LogP contribution in [0.25, 0.3) is 6.08 Å². The fraction of sp³-hybridized carbons (Fsp3) is 0.105. The van der Waals surface area contributed by atoms with E-state index in [1.54, 1.807) is 30.3 Å². The minimum atomic E-state index is -0.186. The lowest BCUT2D eigenvalue weighted by Crippen LogP contribution is -2.17. The number of benzene rings is 2. The summed E-state index contributed by atoms with van der Waals surface area (Å²) in [7, 11) is 0. The van der Waals surface area contributed by atoms with Gasteiger partial charge in [-0.2, -0.15) is 0 Å². The average Bonchev–Trinajstić information content (AvgIpc) is 2.91. The molecule has 0 bridgehead atoms. The van der Waals surface area contributed by atoms with Crippen LogP contribution in [0, 0.1) is 0 Å². The predicted molar refractivity (Wildman–Crippen MR) is 105 cm³/mol.